The van der Waals surface area contributed by atoms with E-state index in [2.05, 4.69) is 24.8 Å². The Morgan fingerprint density at radius 2 is 2.23 bits per heavy atom. The van der Waals surface area contributed by atoms with E-state index in [1.54, 1.807) is 23.1 Å². The third-order valence-corrected chi connectivity index (χ3v) is 4.09. The molecule has 2 aromatic rings. The topological polar surface area (TPSA) is 26.0 Å². The van der Waals surface area contributed by atoms with Crippen molar-refractivity contribution < 1.29 is 0 Å². The van der Waals surface area contributed by atoms with Crippen LogP contribution in [0.15, 0.2) is 28.0 Å². The van der Waals surface area contributed by atoms with Crippen LogP contribution in [0.3, 0.4) is 0 Å². The first-order valence-electron chi connectivity index (χ1n) is 3.77. The van der Waals surface area contributed by atoms with Crippen molar-refractivity contribution in [1.29, 1.82) is 0 Å². The Morgan fingerprint density at radius 1 is 1.46 bits per heavy atom. The number of hydrogen-bond donors (Lipinski definition) is 2. The lowest BCUT2D eigenvalue weighted by molar-refractivity contribution is 1.52. The van der Waals surface area contributed by atoms with Crippen molar-refractivity contribution in [3.63, 3.8) is 0 Å². The van der Waals surface area contributed by atoms with Crippen molar-refractivity contribution in [2.24, 2.45) is 0 Å². The van der Waals surface area contributed by atoms with E-state index in [1.165, 1.54) is 15.0 Å². The monoisotopic (exact) mass is 227 g/mol. The molecule has 68 valence electrons. The molecular formula is C9H9NS3. The van der Waals surface area contributed by atoms with Gasteiger partial charge in [0.25, 0.3) is 0 Å². The zero-order chi connectivity index (χ0) is 9.42. The molecule has 2 N–H and O–H groups in total. The van der Waals surface area contributed by atoms with Gasteiger partial charge in [-0.05, 0) is 18.4 Å². The fraction of sp³-hybridized carbons (Fsp3) is 0.111. The van der Waals surface area contributed by atoms with E-state index in [1.807, 2.05) is 12.3 Å². The minimum atomic E-state index is 0.904. The SMILES string of the molecule is CSc1c(N)sc2cc(S)ccc12. The normalized spacial score (nSPS) is 10.9. The van der Waals surface area contributed by atoms with Gasteiger partial charge in [0.05, 0.1) is 0 Å². The first kappa shape index (κ1) is 9.24. The molecule has 1 aromatic heterocycles. The molecule has 4 heteroatoms. The second-order valence-corrected chi connectivity index (χ2v) is 5.10. The number of rotatable bonds is 1. The third-order valence-electron chi connectivity index (χ3n) is 1.86. The van der Waals surface area contributed by atoms with Gasteiger partial charge in [-0.25, -0.2) is 0 Å². The summed E-state index contributed by atoms with van der Waals surface area (Å²) in [6, 6.07) is 6.13. The van der Waals surface area contributed by atoms with Crippen LogP contribution in [0.2, 0.25) is 0 Å². The highest BCUT2D eigenvalue weighted by Crippen LogP contribution is 2.39. The summed E-state index contributed by atoms with van der Waals surface area (Å²) in [5, 5.41) is 2.15. The minimum absolute atomic E-state index is 0.904. The number of nitrogens with two attached hydrogens (primary N) is 1. The van der Waals surface area contributed by atoms with Crippen molar-refractivity contribution >= 4 is 50.8 Å². The van der Waals surface area contributed by atoms with Crippen molar-refractivity contribution in [2.45, 2.75) is 9.79 Å². The van der Waals surface area contributed by atoms with E-state index < -0.39 is 0 Å². The van der Waals surface area contributed by atoms with Crippen LogP contribution >= 0.6 is 35.7 Å². The first-order valence-corrected chi connectivity index (χ1v) is 6.26. The molecule has 0 fully saturated rings. The lowest BCUT2D eigenvalue weighted by atomic mass is 10.3. The molecule has 0 saturated carbocycles. The molecule has 0 bridgehead atoms. The van der Waals surface area contributed by atoms with Crippen LogP contribution in [0, 0.1) is 0 Å². The maximum atomic E-state index is 5.89. The number of thiol groups is 1. The van der Waals surface area contributed by atoms with Crippen LogP contribution < -0.4 is 5.73 Å². The van der Waals surface area contributed by atoms with Gasteiger partial charge in [0.1, 0.15) is 5.00 Å². The van der Waals surface area contributed by atoms with Gasteiger partial charge in [0.15, 0.2) is 0 Å². The molecule has 0 amide bonds. The first-order chi connectivity index (χ1) is 6.22. The van der Waals surface area contributed by atoms with Gasteiger partial charge in [0.2, 0.25) is 0 Å². The molecule has 0 aliphatic rings. The van der Waals surface area contributed by atoms with Gasteiger partial charge in [0, 0.05) is 19.9 Å². The number of hydrogen-bond acceptors (Lipinski definition) is 4. The summed E-state index contributed by atoms with van der Waals surface area (Å²) in [6.45, 7) is 0. The molecule has 0 saturated heterocycles. The Bertz CT molecular complexity index is 447. The average molecular weight is 227 g/mol. The van der Waals surface area contributed by atoms with E-state index in [9.17, 15) is 0 Å². The van der Waals surface area contributed by atoms with E-state index in [-0.39, 0.29) is 0 Å². The van der Waals surface area contributed by atoms with Crippen molar-refractivity contribution in [3.8, 4) is 0 Å². The smallest absolute Gasteiger partial charge is 0.101 e. The molecular weight excluding hydrogens is 218 g/mol. The van der Waals surface area contributed by atoms with Crippen LogP contribution in [0.5, 0.6) is 0 Å². The summed E-state index contributed by atoms with van der Waals surface area (Å²) >= 11 is 7.62. The highest BCUT2D eigenvalue weighted by Gasteiger charge is 2.07. The fourth-order valence-corrected chi connectivity index (χ4v) is 3.53. The zero-order valence-electron chi connectivity index (χ0n) is 7.07. The predicted molar refractivity (Wildman–Crippen MR) is 65.3 cm³/mol. The lowest BCUT2D eigenvalue weighted by Gasteiger charge is -1.95. The Morgan fingerprint density at radius 3 is 2.92 bits per heavy atom. The van der Waals surface area contributed by atoms with Crippen molar-refractivity contribution in [3.05, 3.63) is 18.2 Å². The fourth-order valence-electron chi connectivity index (χ4n) is 1.29. The van der Waals surface area contributed by atoms with Crippen LogP contribution in [0.1, 0.15) is 0 Å². The molecule has 1 nitrogen and oxygen atoms in total. The predicted octanol–water partition coefficient (Wildman–Crippen LogP) is 3.49. The summed E-state index contributed by atoms with van der Waals surface area (Å²) in [4.78, 5) is 2.18. The summed E-state index contributed by atoms with van der Waals surface area (Å²) in [6.07, 6.45) is 2.05. The van der Waals surface area contributed by atoms with Crippen molar-refractivity contribution in [2.75, 3.05) is 12.0 Å². The Balaban J connectivity index is 2.79. The maximum absolute atomic E-state index is 5.89. The second-order valence-electron chi connectivity index (χ2n) is 2.68. The molecule has 0 radical (unpaired) electrons. The van der Waals surface area contributed by atoms with Gasteiger partial charge in [-0.15, -0.1) is 35.7 Å². The van der Waals surface area contributed by atoms with Crippen LogP contribution in [0.4, 0.5) is 5.00 Å². The van der Waals surface area contributed by atoms with Crippen LogP contribution in [-0.4, -0.2) is 6.26 Å². The number of anilines is 1. The number of thiophene rings is 1. The number of benzene rings is 1. The molecule has 0 aliphatic carbocycles. The summed E-state index contributed by atoms with van der Waals surface area (Å²) in [5.41, 5.74) is 5.89. The molecule has 0 unspecified atom stereocenters. The van der Waals surface area contributed by atoms with Gasteiger partial charge in [-0.1, -0.05) is 6.07 Å². The quantitative estimate of drug-likeness (QED) is 0.576. The van der Waals surface area contributed by atoms with E-state index in [0.717, 1.165) is 9.90 Å². The van der Waals surface area contributed by atoms with E-state index in [0.29, 0.717) is 0 Å². The molecule has 0 spiro atoms. The number of thioether (sulfide) groups is 1. The van der Waals surface area contributed by atoms with Crippen LogP contribution in [-0.2, 0) is 0 Å². The Labute approximate surface area is 90.7 Å². The highest BCUT2D eigenvalue weighted by atomic mass is 32.2. The van der Waals surface area contributed by atoms with Gasteiger partial charge >= 0.3 is 0 Å². The summed E-state index contributed by atoms with van der Waals surface area (Å²) in [7, 11) is 0. The second kappa shape index (κ2) is 3.44. The Hall–Kier alpha value is -0.320. The number of nitrogen functional groups attached to an aromatic ring is 1. The van der Waals surface area contributed by atoms with Gasteiger partial charge < -0.3 is 5.73 Å². The molecule has 0 atom stereocenters. The highest BCUT2D eigenvalue weighted by molar-refractivity contribution is 7.99. The minimum Gasteiger partial charge on any atom is -0.390 e. The van der Waals surface area contributed by atoms with Crippen LogP contribution in [0.25, 0.3) is 10.1 Å². The molecule has 2 rings (SSSR count). The van der Waals surface area contributed by atoms with Gasteiger partial charge in [-0.2, -0.15) is 0 Å². The molecule has 1 aromatic carbocycles. The standard InChI is InChI=1S/C9H9NS3/c1-12-8-6-3-2-5(11)4-7(6)13-9(8)10/h2-4,11H,10H2,1H3. The lowest BCUT2D eigenvalue weighted by Crippen LogP contribution is -1.79. The zero-order valence-corrected chi connectivity index (χ0v) is 9.60. The summed E-state index contributed by atoms with van der Waals surface area (Å²) < 4.78 is 1.22. The van der Waals surface area contributed by atoms with Crippen molar-refractivity contribution in [1.82, 2.24) is 0 Å². The summed E-state index contributed by atoms with van der Waals surface area (Å²) in [5.74, 6) is 0. The number of fused-ring (bicyclic) bond motifs is 1. The van der Waals surface area contributed by atoms with E-state index in [4.69, 9.17) is 5.73 Å². The average Bonchev–Trinajstić information content (AvgIpc) is 2.39. The third kappa shape index (κ3) is 1.54. The molecule has 13 heavy (non-hydrogen) atoms. The Kier molecular flexibility index (Phi) is 2.45. The van der Waals surface area contributed by atoms with Gasteiger partial charge in [-0.3, -0.25) is 0 Å². The largest absolute Gasteiger partial charge is 0.390 e. The maximum Gasteiger partial charge on any atom is 0.101 e. The van der Waals surface area contributed by atoms with E-state index >= 15 is 0 Å². The molecule has 0 aliphatic heterocycles. The molecule has 1 heterocycles.